The van der Waals surface area contributed by atoms with Crippen molar-refractivity contribution in [3.63, 3.8) is 0 Å². The zero-order chi connectivity index (χ0) is 21.8. The lowest BCUT2D eigenvalue weighted by molar-refractivity contribution is -0.122. The van der Waals surface area contributed by atoms with Crippen LogP contribution in [-0.2, 0) is 22.4 Å². The van der Waals surface area contributed by atoms with Crippen LogP contribution in [0, 0.1) is 0 Å². The highest BCUT2D eigenvalue weighted by atomic mass is 35.5. The number of halogens is 1. The zero-order valence-corrected chi connectivity index (χ0v) is 18.6. The summed E-state index contributed by atoms with van der Waals surface area (Å²) in [6.45, 7) is 2.20. The summed E-state index contributed by atoms with van der Waals surface area (Å²) in [4.78, 5) is 28.0. The smallest absolute Gasteiger partial charge is 0.267 e. The Balaban J connectivity index is 1.32. The predicted molar refractivity (Wildman–Crippen MR) is 123 cm³/mol. The largest absolute Gasteiger partial charge is 0.480 e. The monoisotopic (exact) mass is 455 g/mol. The van der Waals surface area contributed by atoms with Gasteiger partial charge in [-0.2, -0.15) is 0 Å². The maximum Gasteiger partial charge on any atom is 0.267 e. The molecule has 0 saturated carbocycles. The van der Waals surface area contributed by atoms with Crippen LogP contribution in [0.15, 0.2) is 47.8 Å². The van der Waals surface area contributed by atoms with Gasteiger partial charge in [0, 0.05) is 35.9 Å². The standard InChI is InChI=1S/C23H22ClN3O3S/c1-14(28)25-10-2-3-15-4-6-16(7-5-15)19-13-31-23(26-19)27-22(29)21-12-17-11-18(24)8-9-20(17)30-21/h4-9,11,13,21H,2-3,10,12H2,1H3,(H,25,28)(H,26,27,29). The molecule has 0 aliphatic carbocycles. The maximum atomic E-state index is 12.6. The molecule has 2 heterocycles. The highest BCUT2D eigenvalue weighted by molar-refractivity contribution is 7.14. The third-order valence-electron chi connectivity index (χ3n) is 4.99. The number of carbonyl (C=O) groups is 2. The Morgan fingerprint density at radius 3 is 2.81 bits per heavy atom. The molecule has 3 aromatic rings. The van der Waals surface area contributed by atoms with E-state index in [4.69, 9.17) is 16.3 Å². The topological polar surface area (TPSA) is 80.3 Å². The minimum absolute atomic E-state index is 0.00444. The van der Waals surface area contributed by atoms with E-state index < -0.39 is 6.10 Å². The molecule has 6 nitrogen and oxygen atoms in total. The quantitative estimate of drug-likeness (QED) is 0.515. The number of nitrogens with zero attached hydrogens (tertiary/aromatic N) is 1. The number of nitrogens with one attached hydrogen (secondary N) is 2. The zero-order valence-electron chi connectivity index (χ0n) is 17.0. The van der Waals surface area contributed by atoms with E-state index in [1.54, 1.807) is 12.1 Å². The van der Waals surface area contributed by atoms with Crippen molar-refractivity contribution in [2.75, 3.05) is 11.9 Å². The number of thiazole rings is 1. The van der Waals surface area contributed by atoms with Crippen molar-refractivity contribution >= 4 is 39.9 Å². The van der Waals surface area contributed by atoms with Gasteiger partial charge in [-0.15, -0.1) is 11.3 Å². The Kier molecular flexibility index (Phi) is 6.53. The van der Waals surface area contributed by atoms with E-state index in [2.05, 4.69) is 27.8 Å². The Labute approximate surface area is 189 Å². The highest BCUT2D eigenvalue weighted by Crippen LogP contribution is 2.32. The predicted octanol–water partition coefficient (Wildman–Crippen LogP) is 4.47. The molecular weight excluding hydrogens is 434 g/mol. The third kappa shape index (κ3) is 5.42. The molecule has 0 fully saturated rings. The van der Waals surface area contributed by atoms with E-state index in [1.165, 1.54) is 23.8 Å². The van der Waals surface area contributed by atoms with Gasteiger partial charge in [0.1, 0.15) is 5.75 Å². The van der Waals surface area contributed by atoms with Gasteiger partial charge < -0.3 is 10.1 Å². The molecule has 1 unspecified atom stereocenters. The first-order valence-corrected chi connectivity index (χ1v) is 11.3. The van der Waals surface area contributed by atoms with Crippen molar-refractivity contribution < 1.29 is 14.3 Å². The van der Waals surface area contributed by atoms with Crippen molar-refractivity contribution in [2.45, 2.75) is 32.3 Å². The minimum Gasteiger partial charge on any atom is -0.480 e. The lowest BCUT2D eigenvalue weighted by atomic mass is 10.1. The number of rotatable bonds is 7. The number of fused-ring (bicyclic) bond motifs is 1. The number of anilines is 1. The molecule has 1 aliphatic rings. The number of aryl methyl sites for hydroxylation is 1. The Morgan fingerprint density at radius 1 is 1.23 bits per heavy atom. The van der Waals surface area contributed by atoms with Crippen molar-refractivity contribution in [1.29, 1.82) is 0 Å². The molecule has 0 bridgehead atoms. The summed E-state index contributed by atoms with van der Waals surface area (Å²) in [5.41, 5.74) is 3.94. The minimum atomic E-state index is -0.586. The number of hydrogen-bond acceptors (Lipinski definition) is 5. The van der Waals surface area contributed by atoms with Crippen LogP contribution in [0.2, 0.25) is 5.02 Å². The number of aromatic nitrogens is 1. The lowest BCUT2D eigenvalue weighted by Crippen LogP contribution is -2.31. The Morgan fingerprint density at radius 2 is 2.03 bits per heavy atom. The second-order valence-corrected chi connectivity index (χ2v) is 8.67. The molecule has 31 heavy (non-hydrogen) atoms. The SMILES string of the molecule is CC(=O)NCCCc1ccc(-c2csc(NC(=O)C3Cc4cc(Cl)ccc4O3)n2)cc1. The summed E-state index contributed by atoms with van der Waals surface area (Å²) in [7, 11) is 0. The first-order chi connectivity index (χ1) is 15.0. The summed E-state index contributed by atoms with van der Waals surface area (Å²) < 4.78 is 5.74. The summed E-state index contributed by atoms with van der Waals surface area (Å²) in [6.07, 6.45) is 1.69. The van der Waals surface area contributed by atoms with Gasteiger partial charge in [0.05, 0.1) is 5.69 Å². The fourth-order valence-corrected chi connectivity index (χ4v) is 4.33. The van der Waals surface area contributed by atoms with Crippen LogP contribution in [0.25, 0.3) is 11.3 Å². The summed E-state index contributed by atoms with van der Waals surface area (Å²) in [6, 6.07) is 13.5. The molecule has 2 aromatic carbocycles. The van der Waals surface area contributed by atoms with Gasteiger partial charge in [0.25, 0.3) is 5.91 Å². The second kappa shape index (κ2) is 9.49. The van der Waals surface area contributed by atoms with E-state index in [1.807, 2.05) is 23.6 Å². The lowest BCUT2D eigenvalue weighted by Gasteiger charge is -2.09. The fourth-order valence-electron chi connectivity index (χ4n) is 3.41. The van der Waals surface area contributed by atoms with Crippen LogP contribution in [0.5, 0.6) is 5.75 Å². The van der Waals surface area contributed by atoms with Crippen molar-refractivity contribution in [2.24, 2.45) is 0 Å². The number of ether oxygens (including phenoxy) is 1. The molecule has 1 aliphatic heterocycles. The van der Waals surface area contributed by atoms with Gasteiger partial charge in [0.2, 0.25) is 5.91 Å². The Hall–Kier alpha value is -2.90. The maximum absolute atomic E-state index is 12.6. The first kappa shape index (κ1) is 21.3. The average Bonchev–Trinajstić information content (AvgIpc) is 3.38. The second-order valence-electron chi connectivity index (χ2n) is 7.37. The fraction of sp³-hybridized carbons (Fsp3) is 0.261. The number of amides is 2. The van der Waals surface area contributed by atoms with Crippen molar-refractivity contribution in [1.82, 2.24) is 10.3 Å². The number of hydrogen-bond donors (Lipinski definition) is 2. The molecule has 1 atom stereocenters. The van der Waals surface area contributed by atoms with E-state index >= 15 is 0 Å². The van der Waals surface area contributed by atoms with Gasteiger partial charge in [-0.3, -0.25) is 14.9 Å². The molecule has 2 amide bonds. The molecule has 160 valence electrons. The van der Waals surface area contributed by atoms with Crippen LogP contribution in [0.4, 0.5) is 5.13 Å². The van der Waals surface area contributed by atoms with Crippen LogP contribution >= 0.6 is 22.9 Å². The number of carbonyl (C=O) groups excluding carboxylic acids is 2. The summed E-state index contributed by atoms with van der Waals surface area (Å²) >= 11 is 7.40. The number of benzene rings is 2. The molecule has 0 spiro atoms. The van der Waals surface area contributed by atoms with E-state index in [9.17, 15) is 9.59 Å². The third-order valence-corrected chi connectivity index (χ3v) is 5.98. The normalized spacial score (nSPS) is 14.6. The molecule has 8 heteroatoms. The summed E-state index contributed by atoms with van der Waals surface area (Å²) in [5.74, 6) is 0.472. The summed E-state index contributed by atoms with van der Waals surface area (Å²) in [5, 5.41) is 8.75. The van der Waals surface area contributed by atoms with Gasteiger partial charge in [-0.05, 0) is 42.2 Å². The molecule has 0 radical (unpaired) electrons. The van der Waals surface area contributed by atoms with Gasteiger partial charge >= 0.3 is 0 Å². The van der Waals surface area contributed by atoms with Crippen LogP contribution in [-0.4, -0.2) is 29.4 Å². The van der Waals surface area contributed by atoms with Gasteiger partial charge in [-0.1, -0.05) is 35.9 Å². The van der Waals surface area contributed by atoms with Crippen LogP contribution < -0.4 is 15.4 Å². The van der Waals surface area contributed by atoms with E-state index in [-0.39, 0.29) is 11.8 Å². The highest BCUT2D eigenvalue weighted by Gasteiger charge is 2.29. The van der Waals surface area contributed by atoms with E-state index in [0.717, 1.165) is 29.7 Å². The average molecular weight is 456 g/mol. The molecule has 2 N–H and O–H groups in total. The van der Waals surface area contributed by atoms with E-state index in [0.29, 0.717) is 28.9 Å². The van der Waals surface area contributed by atoms with Gasteiger partial charge in [0.15, 0.2) is 11.2 Å². The molecule has 0 saturated heterocycles. The molecular formula is C23H22ClN3O3S. The molecule has 4 rings (SSSR count). The first-order valence-electron chi connectivity index (χ1n) is 10.0. The van der Waals surface area contributed by atoms with Crippen molar-refractivity contribution in [3.05, 3.63) is 64.0 Å². The molecule has 1 aromatic heterocycles. The van der Waals surface area contributed by atoms with Crippen LogP contribution in [0.3, 0.4) is 0 Å². The van der Waals surface area contributed by atoms with Crippen LogP contribution in [0.1, 0.15) is 24.5 Å². The van der Waals surface area contributed by atoms with Crippen molar-refractivity contribution in [3.8, 4) is 17.0 Å². The van der Waals surface area contributed by atoms with Gasteiger partial charge in [-0.25, -0.2) is 4.98 Å². The Bertz CT molecular complexity index is 1100.